The van der Waals surface area contributed by atoms with Gasteiger partial charge in [0.2, 0.25) is 9.84 Å². The van der Waals surface area contributed by atoms with E-state index in [1.807, 2.05) is 0 Å². The average Bonchev–Trinajstić information content (AvgIpc) is 2.18. The third kappa shape index (κ3) is 2.13. The Morgan fingerprint density at radius 2 is 1.64 bits per heavy atom. The molecule has 1 atom stereocenters. The average molecular weight is 214 g/mol. The normalized spacial score (nSPS) is 14.3. The van der Waals surface area contributed by atoms with E-state index in [0.717, 1.165) is 0 Å². The van der Waals surface area contributed by atoms with Crippen molar-refractivity contribution in [1.82, 2.24) is 0 Å². The van der Waals surface area contributed by atoms with Crippen LogP contribution in [-0.2, 0) is 9.84 Å². The summed E-state index contributed by atoms with van der Waals surface area (Å²) in [7, 11) is -3.58. The Morgan fingerprint density at radius 3 is 2.07 bits per heavy atom. The van der Waals surface area contributed by atoms with Gasteiger partial charge in [-0.05, 0) is 18.1 Å². The summed E-state index contributed by atoms with van der Waals surface area (Å²) in [6, 6.07) is 7.99. The molecule has 3 nitrogen and oxygen atoms in total. The molecular formula is C10H14O3S. The maximum atomic E-state index is 11.7. The largest absolute Gasteiger partial charge is 0.376 e. The molecule has 0 fully saturated rings. The van der Waals surface area contributed by atoms with Crippen LogP contribution in [0.4, 0.5) is 0 Å². The number of rotatable bonds is 3. The second-order valence-corrected chi connectivity index (χ2v) is 5.54. The summed E-state index contributed by atoms with van der Waals surface area (Å²) in [4.78, 5) is 0.168. The second kappa shape index (κ2) is 4.11. The first-order valence-corrected chi connectivity index (χ1v) is 5.98. The smallest absolute Gasteiger partial charge is 0.205 e. The molecule has 1 aromatic rings. The van der Waals surface area contributed by atoms with Crippen molar-refractivity contribution in [3.63, 3.8) is 0 Å². The molecule has 1 rings (SSSR count). The number of hydrogen-bond acceptors (Lipinski definition) is 3. The van der Waals surface area contributed by atoms with Crippen molar-refractivity contribution in [1.29, 1.82) is 0 Å². The molecule has 0 aliphatic heterocycles. The zero-order chi connectivity index (χ0) is 10.8. The lowest BCUT2D eigenvalue weighted by Crippen LogP contribution is -2.26. The van der Waals surface area contributed by atoms with E-state index in [4.69, 9.17) is 0 Å². The van der Waals surface area contributed by atoms with Crippen LogP contribution >= 0.6 is 0 Å². The number of aliphatic hydroxyl groups is 1. The van der Waals surface area contributed by atoms with Crippen LogP contribution in [0.2, 0.25) is 0 Å². The van der Waals surface area contributed by atoms with Crippen molar-refractivity contribution in [2.24, 2.45) is 5.92 Å². The summed E-state index contributed by atoms with van der Waals surface area (Å²) in [5.41, 5.74) is -1.33. The molecule has 1 unspecified atom stereocenters. The molecule has 0 aliphatic rings. The van der Waals surface area contributed by atoms with Crippen molar-refractivity contribution >= 4 is 9.84 Å². The number of hydrogen-bond donors (Lipinski definition) is 1. The Hall–Kier alpha value is -0.870. The molecule has 0 saturated heterocycles. The van der Waals surface area contributed by atoms with Crippen LogP contribution in [0.25, 0.3) is 0 Å². The van der Waals surface area contributed by atoms with E-state index in [-0.39, 0.29) is 10.8 Å². The van der Waals surface area contributed by atoms with Crippen molar-refractivity contribution < 1.29 is 13.5 Å². The molecule has 0 spiro atoms. The second-order valence-electron chi connectivity index (χ2n) is 3.49. The molecule has 0 aliphatic carbocycles. The van der Waals surface area contributed by atoms with Gasteiger partial charge in [-0.25, -0.2) is 8.42 Å². The lowest BCUT2D eigenvalue weighted by Gasteiger charge is -2.14. The zero-order valence-electron chi connectivity index (χ0n) is 8.21. The highest BCUT2D eigenvalue weighted by atomic mass is 32.2. The molecular weight excluding hydrogens is 200 g/mol. The first kappa shape index (κ1) is 11.2. The number of aliphatic hydroxyl groups excluding tert-OH is 1. The van der Waals surface area contributed by atoms with Gasteiger partial charge in [0, 0.05) is 0 Å². The Kier molecular flexibility index (Phi) is 3.29. The number of sulfone groups is 1. The lowest BCUT2D eigenvalue weighted by atomic mass is 10.2. The highest BCUT2D eigenvalue weighted by Gasteiger charge is 2.27. The monoisotopic (exact) mass is 214 g/mol. The maximum absolute atomic E-state index is 11.7. The van der Waals surface area contributed by atoms with Crippen LogP contribution in [0.15, 0.2) is 35.2 Å². The fourth-order valence-electron chi connectivity index (χ4n) is 1.11. The number of benzene rings is 1. The van der Waals surface area contributed by atoms with Gasteiger partial charge in [-0.1, -0.05) is 32.0 Å². The minimum absolute atomic E-state index is 0.168. The van der Waals surface area contributed by atoms with Gasteiger partial charge in [0.05, 0.1) is 4.90 Å². The van der Waals surface area contributed by atoms with Gasteiger partial charge in [-0.2, -0.15) is 0 Å². The Balaban J connectivity index is 3.10. The van der Waals surface area contributed by atoms with E-state index in [9.17, 15) is 13.5 Å². The van der Waals surface area contributed by atoms with Gasteiger partial charge in [-0.3, -0.25) is 0 Å². The van der Waals surface area contributed by atoms with E-state index in [1.54, 1.807) is 32.0 Å². The summed E-state index contributed by atoms with van der Waals surface area (Å²) >= 11 is 0. The van der Waals surface area contributed by atoms with Crippen LogP contribution in [0.1, 0.15) is 13.8 Å². The summed E-state index contributed by atoms with van der Waals surface area (Å²) in [6.07, 6.45) is 0. The summed E-state index contributed by atoms with van der Waals surface area (Å²) in [5.74, 6) is -0.305. The molecule has 14 heavy (non-hydrogen) atoms. The molecule has 0 aromatic heterocycles. The molecule has 0 saturated carbocycles. The molecule has 4 heteroatoms. The summed E-state index contributed by atoms with van der Waals surface area (Å²) in [5, 5.41) is 9.52. The van der Waals surface area contributed by atoms with Gasteiger partial charge in [0.25, 0.3) is 0 Å². The summed E-state index contributed by atoms with van der Waals surface area (Å²) in [6.45, 7) is 3.34. The molecule has 0 radical (unpaired) electrons. The third-order valence-electron chi connectivity index (χ3n) is 1.96. The quantitative estimate of drug-likeness (QED) is 0.828. The van der Waals surface area contributed by atoms with Gasteiger partial charge >= 0.3 is 0 Å². The standard InChI is InChI=1S/C10H14O3S/c1-8(2)10(11)14(12,13)9-6-4-3-5-7-9/h3-8,10-11H,1-2H3. The first-order chi connectivity index (χ1) is 6.46. The molecule has 78 valence electrons. The zero-order valence-corrected chi connectivity index (χ0v) is 9.03. The topological polar surface area (TPSA) is 54.4 Å². The van der Waals surface area contributed by atoms with Crippen molar-refractivity contribution in [2.45, 2.75) is 24.2 Å². The van der Waals surface area contributed by atoms with Gasteiger partial charge in [0.15, 0.2) is 5.44 Å². The summed E-state index contributed by atoms with van der Waals surface area (Å²) < 4.78 is 23.4. The van der Waals surface area contributed by atoms with Gasteiger partial charge in [0.1, 0.15) is 0 Å². The minimum Gasteiger partial charge on any atom is -0.376 e. The predicted octanol–water partition coefficient (Wildman–Crippen LogP) is 1.43. The van der Waals surface area contributed by atoms with Crippen LogP contribution in [0, 0.1) is 5.92 Å². The van der Waals surface area contributed by atoms with E-state index < -0.39 is 15.3 Å². The van der Waals surface area contributed by atoms with Crippen LogP contribution < -0.4 is 0 Å². The Morgan fingerprint density at radius 1 is 1.14 bits per heavy atom. The fourth-order valence-corrected chi connectivity index (χ4v) is 2.64. The molecule has 0 bridgehead atoms. The maximum Gasteiger partial charge on any atom is 0.205 e. The lowest BCUT2D eigenvalue weighted by molar-refractivity contribution is 0.199. The Labute approximate surface area is 84.3 Å². The molecule has 0 amide bonds. The van der Waals surface area contributed by atoms with Crippen molar-refractivity contribution in [3.05, 3.63) is 30.3 Å². The first-order valence-electron chi connectivity index (χ1n) is 4.43. The van der Waals surface area contributed by atoms with E-state index in [0.29, 0.717) is 0 Å². The van der Waals surface area contributed by atoms with Crippen LogP contribution in [0.3, 0.4) is 0 Å². The highest BCUT2D eigenvalue weighted by Crippen LogP contribution is 2.18. The van der Waals surface area contributed by atoms with E-state index in [1.165, 1.54) is 12.1 Å². The SMILES string of the molecule is CC(C)C(O)S(=O)(=O)c1ccccc1. The van der Waals surface area contributed by atoms with Crippen LogP contribution in [0.5, 0.6) is 0 Å². The Bertz CT molecular complexity index is 381. The minimum atomic E-state index is -3.58. The van der Waals surface area contributed by atoms with E-state index in [2.05, 4.69) is 0 Å². The van der Waals surface area contributed by atoms with Crippen molar-refractivity contribution in [3.8, 4) is 0 Å². The molecule has 1 N–H and O–H groups in total. The van der Waals surface area contributed by atoms with Crippen molar-refractivity contribution in [2.75, 3.05) is 0 Å². The molecule has 0 heterocycles. The van der Waals surface area contributed by atoms with Gasteiger partial charge in [-0.15, -0.1) is 0 Å². The fraction of sp³-hybridized carbons (Fsp3) is 0.400. The third-order valence-corrected chi connectivity index (χ3v) is 4.07. The predicted molar refractivity (Wildman–Crippen MR) is 54.5 cm³/mol. The highest BCUT2D eigenvalue weighted by molar-refractivity contribution is 7.91. The van der Waals surface area contributed by atoms with Crippen LogP contribution in [-0.4, -0.2) is 19.0 Å². The van der Waals surface area contributed by atoms with Gasteiger partial charge < -0.3 is 5.11 Å². The van der Waals surface area contributed by atoms with E-state index >= 15 is 0 Å². The molecule has 1 aromatic carbocycles.